The van der Waals surface area contributed by atoms with Crippen LogP contribution in [0.15, 0.2) is 152 Å². The Kier molecular flexibility index (Phi) is 4.57. The molecule has 0 amide bonds. The monoisotopic (exact) mass is 647 g/mol. The van der Waals surface area contributed by atoms with Crippen molar-refractivity contribution in [3.05, 3.63) is 152 Å². The lowest BCUT2D eigenvalue weighted by Gasteiger charge is -2.22. The molecular formula is C48H25NS. The molecule has 0 aliphatic rings. The van der Waals surface area contributed by atoms with Gasteiger partial charge in [0.15, 0.2) is 0 Å². The molecule has 0 unspecified atom stereocenters. The smallest absolute Gasteiger partial charge is 0.0547 e. The molecule has 0 spiro atoms. The quantitative estimate of drug-likeness (QED) is 0.130. The highest BCUT2D eigenvalue weighted by molar-refractivity contribution is 7.26. The predicted octanol–water partition coefficient (Wildman–Crippen LogP) is 14.1. The Bertz CT molecular complexity index is 3480. The van der Waals surface area contributed by atoms with Gasteiger partial charge in [-0.3, -0.25) is 0 Å². The molecule has 0 saturated carbocycles. The summed E-state index contributed by atoms with van der Waals surface area (Å²) in [7, 11) is 0. The zero-order chi connectivity index (χ0) is 32.2. The highest BCUT2D eigenvalue weighted by atomic mass is 32.1. The van der Waals surface area contributed by atoms with Gasteiger partial charge in [-0.15, -0.1) is 11.3 Å². The molecule has 0 saturated heterocycles. The van der Waals surface area contributed by atoms with Crippen LogP contribution in [-0.2, 0) is 0 Å². The van der Waals surface area contributed by atoms with Gasteiger partial charge in [-0.25, -0.2) is 0 Å². The van der Waals surface area contributed by atoms with Crippen molar-refractivity contribution in [3.8, 4) is 16.8 Å². The minimum absolute atomic E-state index is 1.23. The Morgan fingerprint density at radius 3 is 1.70 bits per heavy atom. The van der Waals surface area contributed by atoms with Crippen molar-refractivity contribution in [1.29, 1.82) is 0 Å². The van der Waals surface area contributed by atoms with Crippen LogP contribution in [0, 0.1) is 0 Å². The maximum atomic E-state index is 2.53. The maximum Gasteiger partial charge on any atom is 0.0547 e. The molecule has 2 heteroatoms. The van der Waals surface area contributed by atoms with Gasteiger partial charge in [0, 0.05) is 41.7 Å². The third-order valence-corrected chi connectivity index (χ3v) is 12.8. The summed E-state index contributed by atoms with van der Waals surface area (Å²) in [5.74, 6) is 0. The van der Waals surface area contributed by atoms with Gasteiger partial charge in [-0.05, 0) is 95.3 Å². The molecule has 0 fully saturated rings. The van der Waals surface area contributed by atoms with E-state index < -0.39 is 0 Å². The van der Waals surface area contributed by atoms with E-state index >= 15 is 0 Å². The average molecular weight is 648 g/mol. The molecule has 2 heterocycles. The molecule has 0 aliphatic carbocycles. The van der Waals surface area contributed by atoms with Crippen molar-refractivity contribution in [2.24, 2.45) is 0 Å². The molecule has 11 aromatic carbocycles. The molecule has 13 rings (SSSR count). The largest absolute Gasteiger partial charge is 0.309 e. The van der Waals surface area contributed by atoms with E-state index in [2.05, 4.69) is 156 Å². The lowest BCUT2D eigenvalue weighted by molar-refractivity contribution is 1.20. The molecule has 0 N–H and O–H groups in total. The number of thiophene rings is 1. The standard InChI is InChI=1S/C48H25NS/c1-3-10-38-33(6-1)37-24-30(32-8-5-9-35-34-7-2-4-11-41(34)50-48(32)35)21-23-39(37)49(38)40-25-31-19-18-28-15-13-26-12-14-27-16-17-29-20-22-36(40)47-45(29)43(27)42(26)44(28)46(31)47/h1-25H. The number of benzene rings is 11. The summed E-state index contributed by atoms with van der Waals surface area (Å²) in [4.78, 5) is 0. The maximum absolute atomic E-state index is 2.53. The van der Waals surface area contributed by atoms with Crippen molar-refractivity contribution in [1.82, 2.24) is 4.57 Å². The van der Waals surface area contributed by atoms with Gasteiger partial charge in [0.05, 0.1) is 16.7 Å². The highest BCUT2D eigenvalue weighted by Crippen LogP contribution is 2.50. The molecule has 0 radical (unpaired) electrons. The van der Waals surface area contributed by atoms with Crippen LogP contribution in [0.1, 0.15) is 0 Å². The molecule has 228 valence electrons. The van der Waals surface area contributed by atoms with E-state index in [1.165, 1.54) is 123 Å². The predicted molar refractivity (Wildman–Crippen MR) is 218 cm³/mol. The van der Waals surface area contributed by atoms with Crippen LogP contribution >= 0.6 is 11.3 Å². The summed E-state index contributed by atoms with van der Waals surface area (Å²) in [6, 6.07) is 57.3. The van der Waals surface area contributed by atoms with Crippen LogP contribution in [0.2, 0.25) is 0 Å². The van der Waals surface area contributed by atoms with Gasteiger partial charge < -0.3 is 4.57 Å². The number of aromatic nitrogens is 1. The highest BCUT2D eigenvalue weighted by Gasteiger charge is 2.23. The molecule has 0 bridgehead atoms. The zero-order valence-corrected chi connectivity index (χ0v) is 27.6. The lowest BCUT2D eigenvalue weighted by atomic mass is 9.82. The van der Waals surface area contributed by atoms with Crippen molar-refractivity contribution in [3.63, 3.8) is 0 Å². The van der Waals surface area contributed by atoms with Crippen LogP contribution in [-0.4, -0.2) is 4.57 Å². The van der Waals surface area contributed by atoms with Gasteiger partial charge >= 0.3 is 0 Å². The van der Waals surface area contributed by atoms with Crippen molar-refractivity contribution in [2.45, 2.75) is 0 Å². The fraction of sp³-hybridized carbons (Fsp3) is 0. The van der Waals surface area contributed by atoms with Crippen LogP contribution < -0.4 is 0 Å². The number of fused-ring (bicyclic) bond motifs is 6. The number of nitrogens with zero attached hydrogens (tertiary/aromatic N) is 1. The fourth-order valence-electron chi connectivity index (χ4n) is 9.53. The van der Waals surface area contributed by atoms with Gasteiger partial charge in [-0.1, -0.05) is 121 Å². The van der Waals surface area contributed by atoms with E-state index in [0.29, 0.717) is 0 Å². The van der Waals surface area contributed by atoms with Gasteiger partial charge in [0.2, 0.25) is 0 Å². The second kappa shape index (κ2) is 8.87. The Labute approximate surface area is 289 Å². The van der Waals surface area contributed by atoms with E-state index in [0.717, 1.165) is 0 Å². The third kappa shape index (κ3) is 3.02. The van der Waals surface area contributed by atoms with E-state index in [-0.39, 0.29) is 0 Å². The molecule has 13 aromatic rings. The Hall–Kier alpha value is -6.22. The van der Waals surface area contributed by atoms with E-state index in [1.807, 2.05) is 11.3 Å². The van der Waals surface area contributed by atoms with E-state index in [1.54, 1.807) is 0 Å². The molecule has 0 aliphatic heterocycles. The Morgan fingerprint density at radius 1 is 0.360 bits per heavy atom. The van der Waals surface area contributed by atoms with Crippen LogP contribution in [0.5, 0.6) is 0 Å². The van der Waals surface area contributed by atoms with Crippen molar-refractivity contribution in [2.75, 3.05) is 0 Å². The second-order valence-electron chi connectivity index (χ2n) is 14.0. The Balaban J connectivity index is 1.16. The molecule has 2 aromatic heterocycles. The van der Waals surface area contributed by atoms with Gasteiger partial charge in [-0.2, -0.15) is 0 Å². The van der Waals surface area contributed by atoms with Crippen molar-refractivity contribution < 1.29 is 0 Å². The molecule has 50 heavy (non-hydrogen) atoms. The first kappa shape index (κ1) is 25.8. The fourth-order valence-corrected chi connectivity index (χ4v) is 10.8. The van der Waals surface area contributed by atoms with E-state index in [9.17, 15) is 0 Å². The topological polar surface area (TPSA) is 4.93 Å². The molecular weight excluding hydrogens is 623 g/mol. The SMILES string of the molecule is c1ccc2c(c1)sc1c(-c3ccc4c(c3)c3ccccc3n4-c3cc4ccc5ccc6ccc7ccc8ccc3c3c8c7c6c5c43)cccc12. The first-order valence-corrected chi connectivity index (χ1v) is 18.2. The summed E-state index contributed by atoms with van der Waals surface area (Å²) >= 11 is 1.90. The first-order valence-electron chi connectivity index (χ1n) is 17.3. The number of para-hydroxylation sites is 1. The lowest BCUT2D eigenvalue weighted by Crippen LogP contribution is -1.99. The summed E-state index contributed by atoms with van der Waals surface area (Å²) in [6.45, 7) is 0. The average Bonchev–Trinajstić information content (AvgIpc) is 3.72. The summed E-state index contributed by atoms with van der Waals surface area (Å²) < 4.78 is 5.22. The summed E-state index contributed by atoms with van der Waals surface area (Å²) in [5, 5.41) is 21.5. The zero-order valence-electron chi connectivity index (χ0n) is 26.8. The molecule has 1 nitrogen and oxygen atoms in total. The van der Waals surface area contributed by atoms with Gasteiger partial charge in [0.1, 0.15) is 0 Å². The van der Waals surface area contributed by atoms with Crippen LogP contribution in [0.4, 0.5) is 0 Å². The Morgan fingerprint density at radius 2 is 0.940 bits per heavy atom. The van der Waals surface area contributed by atoms with Crippen LogP contribution in [0.3, 0.4) is 0 Å². The first-order chi connectivity index (χ1) is 24.8. The normalized spacial score (nSPS) is 12.8. The van der Waals surface area contributed by atoms with Crippen molar-refractivity contribution >= 4 is 118 Å². The second-order valence-corrected chi connectivity index (χ2v) is 15.1. The number of rotatable bonds is 2. The van der Waals surface area contributed by atoms with Gasteiger partial charge in [0.25, 0.3) is 0 Å². The third-order valence-electron chi connectivity index (χ3n) is 11.6. The van der Waals surface area contributed by atoms with Crippen LogP contribution in [0.25, 0.3) is 123 Å². The summed E-state index contributed by atoms with van der Waals surface area (Å²) in [5.41, 5.74) is 6.27. The number of hydrogen-bond acceptors (Lipinski definition) is 1. The number of hydrogen-bond donors (Lipinski definition) is 0. The van der Waals surface area contributed by atoms with E-state index in [4.69, 9.17) is 0 Å². The minimum Gasteiger partial charge on any atom is -0.309 e. The minimum atomic E-state index is 1.23. The molecule has 0 atom stereocenters. The summed E-state index contributed by atoms with van der Waals surface area (Å²) in [6.07, 6.45) is 0.